The SMILES string of the molecule is CN(C(=O)CCn1nc(C(=O)Nc2ccccc2)ccc1=O)C1CCCCC1. The molecule has 2 aromatic rings. The van der Waals surface area contributed by atoms with Gasteiger partial charge in [0.1, 0.15) is 5.69 Å². The van der Waals surface area contributed by atoms with Crippen LogP contribution in [-0.2, 0) is 11.3 Å². The molecule has 1 N–H and O–H groups in total. The number of anilines is 1. The van der Waals surface area contributed by atoms with Gasteiger partial charge in [0.05, 0.1) is 6.54 Å². The second-order valence-corrected chi connectivity index (χ2v) is 7.15. The summed E-state index contributed by atoms with van der Waals surface area (Å²) in [5.41, 5.74) is 0.456. The molecule has 148 valence electrons. The molecule has 28 heavy (non-hydrogen) atoms. The summed E-state index contributed by atoms with van der Waals surface area (Å²) in [4.78, 5) is 38.7. The van der Waals surface area contributed by atoms with Gasteiger partial charge in [-0.25, -0.2) is 4.68 Å². The monoisotopic (exact) mass is 382 g/mol. The zero-order valence-corrected chi connectivity index (χ0v) is 16.1. The molecule has 0 bridgehead atoms. The number of amides is 2. The van der Waals surface area contributed by atoms with E-state index in [1.807, 2.05) is 25.2 Å². The Kier molecular flexibility index (Phi) is 6.57. The molecule has 1 aromatic carbocycles. The minimum atomic E-state index is -0.398. The van der Waals surface area contributed by atoms with Crippen molar-refractivity contribution in [1.82, 2.24) is 14.7 Å². The maximum atomic E-state index is 12.5. The fraction of sp³-hybridized carbons (Fsp3) is 0.429. The summed E-state index contributed by atoms with van der Waals surface area (Å²) < 4.78 is 1.19. The molecule has 7 nitrogen and oxygen atoms in total. The van der Waals surface area contributed by atoms with E-state index in [2.05, 4.69) is 10.4 Å². The predicted octanol–water partition coefficient (Wildman–Crippen LogP) is 2.68. The highest BCUT2D eigenvalue weighted by molar-refractivity contribution is 6.02. The summed E-state index contributed by atoms with van der Waals surface area (Å²) in [7, 11) is 1.83. The summed E-state index contributed by atoms with van der Waals surface area (Å²) in [5, 5.41) is 6.87. The molecular formula is C21H26N4O3. The Morgan fingerprint density at radius 1 is 1.11 bits per heavy atom. The van der Waals surface area contributed by atoms with Crippen molar-refractivity contribution in [2.75, 3.05) is 12.4 Å². The Labute approximate surface area is 164 Å². The minimum Gasteiger partial charge on any atom is -0.343 e. The molecule has 0 radical (unpaired) electrons. The molecule has 0 aliphatic heterocycles. The van der Waals surface area contributed by atoms with Crippen LogP contribution >= 0.6 is 0 Å². The average molecular weight is 382 g/mol. The topological polar surface area (TPSA) is 84.3 Å². The van der Waals surface area contributed by atoms with Gasteiger partial charge in [-0.1, -0.05) is 37.5 Å². The van der Waals surface area contributed by atoms with Gasteiger partial charge < -0.3 is 10.2 Å². The van der Waals surface area contributed by atoms with E-state index in [0.29, 0.717) is 5.69 Å². The van der Waals surface area contributed by atoms with Gasteiger partial charge >= 0.3 is 0 Å². The molecule has 3 rings (SSSR count). The lowest BCUT2D eigenvalue weighted by atomic mass is 9.94. The summed E-state index contributed by atoms with van der Waals surface area (Å²) >= 11 is 0. The van der Waals surface area contributed by atoms with Crippen LogP contribution in [0.2, 0.25) is 0 Å². The summed E-state index contributed by atoms with van der Waals surface area (Å²) in [6, 6.07) is 12.0. The van der Waals surface area contributed by atoms with E-state index >= 15 is 0 Å². The molecule has 1 aliphatic carbocycles. The van der Waals surface area contributed by atoms with Crippen molar-refractivity contribution in [3.8, 4) is 0 Å². The number of aryl methyl sites for hydroxylation is 1. The van der Waals surface area contributed by atoms with E-state index in [1.54, 1.807) is 17.0 Å². The number of hydrogen-bond donors (Lipinski definition) is 1. The molecule has 1 fully saturated rings. The third-order valence-electron chi connectivity index (χ3n) is 5.18. The first-order valence-corrected chi connectivity index (χ1v) is 9.75. The van der Waals surface area contributed by atoms with Gasteiger partial charge in [-0.3, -0.25) is 14.4 Å². The normalized spacial score (nSPS) is 14.5. The lowest BCUT2D eigenvalue weighted by Gasteiger charge is -2.31. The minimum absolute atomic E-state index is 0.000241. The van der Waals surface area contributed by atoms with Crippen molar-refractivity contribution in [3.63, 3.8) is 0 Å². The number of carbonyl (C=O) groups is 2. The van der Waals surface area contributed by atoms with Crippen molar-refractivity contribution in [3.05, 3.63) is 58.5 Å². The quantitative estimate of drug-likeness (QED) is 0.832. The molecule has 7 heteroatoms. The Hall–Kier alpha value is -2.96. The average Bonchev–Trinajstić information content (AvgIpc) is 2.73. The molecule has 0 spiro atoms. The van der Waals surface area contributed by atoms with Crippen LogP contribution in [0.1, 0.15) is 49.0 Å². The number of nitrogens with one attached hydrogen (secondary N) is 1. The Bertz CT molecular complexity index is 873. The molecule has 1 heterocycles. The molecule has 0 unspecified atom stereocenters. The number of carbonyl (C=O) groups excluding carboxylic acids is 2. The third kappa shape index (κ3) is 5.06. The summed E-state index contributed by atoms with van der Waals surface area (Å²) in [5.74, 6) is -0.398. The lowest BCUT2D eigenvalue weighted by Crippen LogP contribution is -2.39. The van der Waals surface area contributed by atoms with Crippen molar-refractivity contribution in [1.29, 1.82) is 0 Å². The molecule has 1 aliphatic rings. The molecule has 2 amide bonds. The highest BCUT2D eigenvalue weighted by Gasteiger charge is 2.22. The van der Waals surface area contributed by atoms with Gasteiger partial charge in [0.2, 0.25) is 5.91 Å². The molecule has 0 saturated heterocycles. The smallest absolute Gasteiger partial charge is 0.276 e. The molecular weight excluding hydrogens is 356 g/mol. The number of aromatic nitrogens is 2. The van der Waals surface area contributed by atoms with Crippen molar-refractivity contribution < 1.29 is 9.59 Å². The number of hydrogen-bond acceptors (Lipinski definition) is 4. The van der Waals surface area contributed by atoms with E-state index in [4.69, 9.17) is 0 Å². The Balaban J connectivity index is 1.62. The van der Waals surface area contributed by atoms with Gasteiger partial charge in [0, 0.05) is 31.3 Å². The van der Waals surface area contributed by atoms with E-state index < -0.39 is 5.91 Å². The van der Waals surface area contributed by atoms with E-state index in [1.165, 1.54) is 23.2 Å². The Morgan fingerprint density at radius 2 is 1.82 bits per heavy atom. The molecule has 1 aromatic heterocycles. The van der Waals surface area contributed by atoms with Gasteiger partial charge in [0.15, 0.2) is 0 Å². The van der Waals surface area contributed by atoms with Gasteiger partial charge in [-0.2, -0.15) is 5.10 Å². The fourth-order valence-electron chi connectivity index (χ4n) is 3.50. The number of benzene rings is 1. The first-order valence-electron chi connectivity index (χ1n) is 9.75. The first kappa shape index (κ1) is 19.8. The standard InChI is InChI=1S/C21H26N4O3/c1-24(17-10-6-3-7-11-17)19(26)14-15-25-20(27)13-12-18(23-25)21(28)22-16-8-4-2-5-9-16/h2,4-5,8-9,12-13,17H,3,6-7,10-11,14-15H2,1H3,(H,22,28). The first-order chi connectivity index (χ1) is 13.5. The predicted molar refractivity (Wildman–Crippen MR) is 107 cm³/mol. The van der Waals surface area contributed by atoms with Crippen LogP contribution in [0.3, 0.4) is 0 Å². The van der Waals surface area contributed by atoms with E-state index in [-0.39, 0.29) is 36.2 Å². The molecule has 0 atom stereocenters. The highest BCUT2D eigenvalue weighted by atomic mass is 16.2. The zero-order chi connectivity index (χ0) is 19.9. The maximum Gasteiger partial charge on any atom is 0.276 e. The van der Waals surface area contributed by atoms with Crippen LogP contribution in [0.5, 0.6) is 0 Å². The largest absolute Gasteiger partial charge is 0.343 e. The van der Waals surface area contributed by atoms with Crippen LogP contribution < -0.4 is 10.9 Å². The van der Waals surface area contributed by atoms with Crippen molar-refractivity contribution >= 4 is 17.5 Å². The highest BCUT2D eigenvalue weighted by Crippen LogP contribution is 2.22. The number of nitrogens with zero attached hydrogens (tertiary/aromatic N) is 3. The van der Waals surface area contributed by atoms with Crippen LogP contribution in [0.25, 0.3) is 0 Å². The van der Waals surface area contributed by atoms with E-state index in [9.17, 15) is 14.4 Å². The second-order valence-electron chi connectivity index (χ2n) is 7.15. The van der Waals surface area contributed by atoms with Gasteiger partial charge in [0.25, 0.3) is 11.5 Å². The van der Waals surface area contributed by atoms with Crippen LogP contribution in [0, 0.1) is 0 Å². The van der Waals surface area contributed by atoms with Gasteiger partial charge in [-0.15, -0.1) is 0 Å². The molecule has 1 saturated carbocycles. The summed E-state index contributed by atoms with van der Waals surface area (Å²) in [6.45, 7) is 0.154. The number of rotatable bonds is 6. The third-order valence-corrected chi connectivity index (χ3v) is 5.18. The Morgan fingerprint density at radius 3 is 2.54 bits per heavy atom. The summed E-state index contributed by atoms with van der Waals surface area (Å²) in [6.07, 6.45) is 5.80. The lowest BCUT2D eigenvalue weighted by molar-refractivity contribution is -0.132. The van der Waals surface area contributed by atoms with Crippen molar-refractivity contribution in [2.24, 2.45) is 0 Å². The maximum absolute atomic E-state index is 12.5. The van der Waals surface area contributed by atoms with E-state index in [0.717, 1.165) is 25.7 Å². The van der Waals surface area contributed by atoms with Crippen molar-refractivity contribution in [2.45, 2.75) is 51.1 Å². The van der Waals surface area contributed by atoms with Crippen LogP contribution in [0.15, 0.2) is 47.3 Å². The zero-order valence-electron chi connectivity index (χ0n) is 16.1. The van der Waals surface area contributed by atoms with Gasteiger partial charge in [-0.05, 0) is 31.0 Å². The van der Waals surface area contributed by atoms with Crippen LogP contribution in [-0.4, -0.2) is 39.6 Å². The number of para-hydroxylation sites is 1. The van der Waals surface area contributed by atoms with Crippen LogP contribution in [0.4, 0.5) is 5.69 Å². The fourth-order valence-corrected chi connectivity index (χ4v) is 3.50. The second kappa shape index (κ2) is 9.30.